The lowest BCUT2D eigenvalue weighted by molar-refractivity contribution is 0.0622. The van der Waals surface area contributed by atoms with Crippen LogP contribution in [0.15, 0.2) is 41.8 Å². The first-order valence-corrected chi connectivity index (χ1v) is 10.3. The van der Waals surface area contributed by atoms with E-state index >= 15 is 0 Å². The molecule has 1 aromatic carbocycles. The van der Waals surface area contributed by atoms with Gasteiger partial charge in [-0.2, -0.15) is 5.10 Å². The van der Waals surface area contributed by atoms with Crippen molar-refractivity contribution in [3.05, 3.63) is 63.1 Å². The molecule has 8 heteroatoms. The molecule has 27 heavy (non-hydrogen) atoms. The van der Waals surface area contributed by atoms with Crippen molar-refractivity contribution in [2.45, 2.75) is 6.54 Å². The summed E-state index contributed by atoms with van der Waals surface area (Å²) in [5.41, 5.74) is 2.39. The number of nitrogens with one attached hydrogen (secondary N) is 1. The second-order valence-electron chi connectivity index (χ2n) is 6.45. The van der Waals surface area contributed by atoms with Crippen molar-refractivity contribution in [2.75, 3.05) is 26.2 Å². The lowest BCUT2D eigenvalue weighted by Gasteiger charge is -2.34. The van der Waals surface area contributed by atoms with Gasteiger partial charge in [-0.1, -0.05) is 35.3 Å². The van der Waals surface area contributed by atoms with Gasteiger partial charge in [-0.05, 0) is 35.2 Å². The maximum atomic E-state index is 12.7. The van der Waals surface area contributed by atoms with Crippen LogP contribution in [0.1, 0.15) is 16.1 Å². The summed E-state index contributed by atoms with van der Waals surface area (Å²) in [7, 11) is 0. The van der Waals surface area contributed by atoms with Gasteiger partial charge in [0.25, 0.3) is 5.91 Å². The number of hydrogen-bond acceptors (Lipinski definition) is 4. The molecule has 1 N–H and O–H groups in total. The standard InChI is InChI=1S/C19H18Cl2N4OS/c20-14-4-3-13(15(21)10-14)12-24-5-7-25(8-6-24)19(26)17-11-16(22-23-17)18-2-1-9-27-18/h1-4,9-11H,5-8,12H2,(H,22,23). The minimum Gasteiger partial charge on any atom is -0.335 e. The summed E-state index contributed by atoms with van der Waals surface area (Å²) in [5, 5.41) is 10.5. The quantitative estimate of drug-likeness (QED) is 0.679. The molecule has 0 radical (unpaired) electrons. The number of hydrogen-bond donors (Lipinski definition) is 1. The molecule has 0 saturated carbocycles. The van der Waals surface area contributed by atoms with E-state index < -0.39 is 0 Å². The number of carbonyl (C=O) groups is 1. The molecule has 0 aliphatic carbocycles. The molecule has 1 amide bonds. The Morgan fingerprint density at radius 2 is 1.96 bits per heavy atom. The van der Waals surface area contributed by atoms with Gasteiger partial charge in [0.1, 0.15) is 0 Å². The zero-order valence-electron chi connectivity index (χ0n) is 14.5. The number of benzene rings is 1. The molecular formula is C19H18Cl2N4OS. The molecule has 3 aromatic rings. The molecule has 3 heterocycles. The Kier molecular flexibility index (Phi) is 5.50. The van der Waals surface area contributed by atoms with Crippen molar-refractivity contribution >= 4 is 40.4 Å². The fraction of sp³-hybridized carbons (Fsp3) is 0.263. The molecule has 0 unspecified atom stereocenters. The number of thiophene rings is 1. The maximum Gasteiger partial charge on any atom is 0.274 e. The monoisotopic (exact) mass is 420 g/mol. The predicted octanol–water partition coefficient (Wildman–Crippen LogP) is 4.40. The van der Waals surface area contributed by atoms with Crippen molar-refractivity contribution in [1.29, 1.82) is 0 Å². The average molecular weight is 421 g/mol. The summed E-state index contributed by atoms with van der Waals surface area (Å²) in [6.45, 7) is 3.69. The predicted molar refractivity (Wildman–Crippen MR) is 110 cm³/mol. The topological polar surface area (TPSA) is 52.2 Å². The van der Waals surface area contributed by atoms with E-state index in [4.69, 9.17) is 23.2 Å². The van der Waals surface area contributed by atoms with E-state index in [-0.39, 0.29) is 5.91 Å². The molecule has 2 aromatic heterocycles. The lowest BCUT2D eigenvalue weighted by Crippen LogP contribution is -2.48. The molecule has 1 aliphatic rings. The van der Waals surface area contributed by atoms with Crippen molar-refractivity contribution in [3.8, 4) is 10.6 Å². The fourth-order valence-electron chi connectivity index (χ4n) is 3.15. The van der Waals surface area contributed by atoms with Crippen LogP contribution in [0.4, 0.5) is 0 Å². The highest BCUT2D eigenvalue weighted by Gasteiger charge is 2.24. The first kappa shape index (κ1) is 18.5. The van der Waals surface area contributed by atoms with Crippen molar-refractivity contribution < 1.29 is 4.79 Å². The van der Waals surface area contributed by atoms with Gasteiger partial charge >= 0.3 is 0 Å². The third kappa shape index (κ3) is 4.19. The summed E-state index contributed by atoms with van der Waals surface area (Å²) in [6.07, 6.45) is 0. The van der Waals surface area contributed by atoms with Crippen molar-refractivity contribution in [1.82, 2.24) is 20.0 Å². The molecular weight excluding hydrogens is 403 g/mol. The van der Waals surface area contributed by atoms with E-state index in [1.54, 1.807) is 17.4 Å². The Morgan fingerprint density at radius 3 is 2.67 bits per heavy atom. The molecule has 5 nitrogen and oxygen atoms in total. The van der Waals surface area contributed by atoms with E-state index in [9.17, 15) is 4.79 Å². The molecule has 0 atom stereocenters. The van der Waals surface area contributed by atoms with Crippen LogP contribution in [0.5, 0.6) is 0 Å². The minimum absolute atomic E-state index is 0.0294. The largest absolute Gasteiger partial charge is 0.335 e. The van der Waals surface area contributed by atoms with E-state index in [2.05, 4.69) is 15.1 Å². The van der Waals surface area contributed by atoms with Gasteiger partial charge in [0.2, 0.25) is 0 Å². The van der Waals surface area contributed by atoms with E-state index in [0.29, 0.717) is 28.8 Å². The van der Waals surface area contributed by atoms with Crippen LogP contribution < -0.4 is 0 Å². The number of halogens is 2. The van der Waals surface area contributed by atoms with Crippen molar-refractivity contribution in [3.63, 3.8) is 0 Å². The molecule has 140 valence electrons. The Morgan fingerprint density at radius 1 is 1.15 bits per heavy atom. The number of aromatic nitrogens is 2. The molecule has 4 rings (SSSR count). The maximum absolute atomic E-state index is 12.7. The number of rotatable bonds is 4. The van der Waals surface area contributed by atoms with Crippen LogP contribution in [-0.4, -0.2) is 52.1 Å². The average Bonchev–Trinajstić information content (AvgIpc) is 3.35. The van der Waals surface area contributed by atoms with Gasteiger partial charge in [0.05, 0.1) is 10.6 Å². The summed E-state index contributed by atoms with van der Waals surface area (Å²) >= 11 is 13.8. The number of piperazine rings is 1. The van der Waals surface area contributed by atoms with Crippen molar-refractivity contribution in [2.24, 2.45) is 0 Å². The van der Waals surface area contributed by atoms with Crippen LogP contribution in [0, 0.1) is 0 Å². The van der Waals surface area contributed by atoms with Crippen LogP contribution in [0.25, 0.3) is 10.6 Å². The summed E-state index contributed by atoms with van der Waals surface area (Å²) in [6, 6.07) is 11.4. The molecule has 1 saturated heterocycles. The SMILES string of the molecule is O=C(c1cc(-c2cccs2)[nH]n1)N1CCN(Cc2ccc(Cl)cc2Cl)CC1. The smallest absolute Gasteiger partial charge is 0.274 e. The zero-order chi connectivity index (χ0) is 18.8. The molecule has 1 fully saturated rings. The van der Waals surface area contributed by atoms with E-state index in [1.165, 1.54) is 0 Å². The van der Waals surface area contributed by atoms with Gasteiger partial charge in [-0.3, -0.25) is 14.8 Å². The summed E-state index contributed by atoms with van der Waals surface area (Å²) in [4.78, 5) is 18.0. The Labute approximate surface area is 171 Å². The van der Waals surface area contributed by atoms with Crippen LogP contribution in [-0.2, 0) is 6.54 Å². The van der Waals surface area contributed by atoms with Gasteiger partial charge in [0, 0.05) is 42.8 Å². The third-order valence-electron chi connectivity index (χ3n) is 4.65. The number of carbonyl (C=O) groups excluding carboxylic acids is 1. The third-order valence-corrected chi connectivity index (χ3v) is 6.14. The number of aromatic amines is 1. The normalized spacial score (nSPS) is 15.3. The van der Waals surface area contributed by atoms with E-state index in [0.717, 1.165) is 35.8 Å². The lowest BCUT2D eigenvalue weighted by atomic mass is 10.2. The first-order chi connectivity index (χ1) is 13.1. The Hall–Kier alpha value is -1.86. The highest BCUT2D eigenvalue weighted by Crippen LogP contribution is 2.24. The van der Waals surface area contributed by atoms with Crippen LogP contribution >= 0.6 is 34.5 Å². The Bertz CT molecular complexity index is 933. The van der Waals surface area contributed by atoms with E-state index in [1.807, 2.05) is 40.6 Å². The minimum atomic E-state index is -0.0294. The van der Waals surface area contributed by atoms with Crippen LogP contribution in [0.3, 0.4) is 0 Å². The highest BCUT2D eigenvalue weighted by molar-refractivity contribution is 7.13. The summed E-state index contributed by atoms with van der Waals surface area (Å²) in [5.74, 6) is -0.0294. The summed E-state index contributed by atoms with van der Waals surface area (Å²) < 4.78 is 0. The molecule has 0 spiro atoms. The number of nitrogens with zero attached hydrogens (tertiary/aromatic N) is 3. The van der Waals surface area contributed by atoms with Gasteiger partial charge in [-0.15, -0.1) is 11.3 Å². The van der Waals surface area contributed by atoms with Gasteiger partial charge < -0.3 is 4.90 Å². The highest BCUT2D eigenvalue weighted by atomic mass is 35.5. The Balaban J connectivity index is 1.35. The number of H-pyrrole nitrogens is 1. The zero-order valence-corrected chi connectivity index (χ0v) is 16.8. The first-order valence-electron chi connectivity index (χ1n) is 8.65. The van der Waals surface area contributed by atoms with Gasteiger partial charge in [-0.25, -0.2) is 0 Å². The second kappa shape index (κ2) is 8.02. The molecule has 1 aliphatic heterocycles. The van der Waals surface area contributed by atoms with Gasteiger partial charge in [0.15, 0.2) is 5.69 Å². The second-order valence-corrected chi connectivity index (χ2v) is 8.24. The number of amides is 1. The van der Waals surface area contributed by atoms with Crippen LogP contribution in [0.2, 0.25) is 10.0 Å². The fourth-order valence-corrected chi connectivity index (χ4v) is 4.31. The molecule has 0 bridgehead atoms.